The summed E-state index contributed by atoms with van der Waals surface area (Å²) >= 11 is 0. The first-order valence-electron chi connectivity index (χ1n) is 5.38. The summed E-state index contributed by atoms with van der Waals surface area (Å²) in [5, 5.41) is 1.96. The number of rotatable bonds is 3. The Morgan fingerprint density at radius 1 is 1.22 bits per heavy atom. The van der Waals surface area contributed by atoms with Gasteiger partial charge >= 0.3 is 6.18 Å². The Bertz CT molecular complexity index is 433. The van der Waals surface area contributed by atoms with Gasteiger partial charge in [0.2, 0.25) is 5.91 Å². The van der Waals surface area contributed by atoms with E-state index in [0.717, 1.165) is 6.08 Å². The number of alkyl halides is 3. The fourth-order valence-corrected chi connectivity index (χ4v) is 1.45. The molecule has 1 amide bonds. The van der Waals surface area contributed by atoms with Crippen LogP contribution in [0.3, 0.4) is 0 Å². The summed E-state index contributed by atoms with van der Waals surface area (Å²) in [7, 11) is 0. The van der Waals surface area contributed by atoms with E-state index >= 15 is 0 Å². The highest BCUT2D eigenvalue weighted by Crippen LogP contribution is 2.32. The van der Waals surface area contributed by atoms with E-state index in [0.29, 0.717) is 5.57 Å². The zero-order valence-corrected chi connectivity index (χ0v) is 10.1. The third kappa shape index (κ3) is 4.24. The van der Waals surface area contributed by atoms with Crippen molar-refractivity contribution in [1.29, 1.82) is 0 Å². The van der Waals surface area contributed by atoms with Crippen LogP contribution in [0.2, 0.25) is 0 Å². The second kappa shape index (κ2) is 5.71. The number of carbonyl (C=O) groups excluding carboxylic acids is 1. The van der Waals surface area contributed by atoms with E-state index in [4.69, 9.17) is 0 Å². The number of amides is 1. The van der Waals surface area contributed by atoms with Crippen LogP contribution in [0.5, 0.6) is 0 Å². The van der Waals surface area contributed by atoms with E-state index < -0.39 is 18.1 Å². The molecule has 2 nitrogen and oxygen atoms in total. The molecule has 0 aliphatic heterocycles. The molecule has 1 aromatic carbocycles. The molecule has 1 unspecified atom stereocenters. The second-order valence-electron chi connectivity index (χ2n) is 4.12. The molecular formula is C13H14F3NO. The Hall–Kier alpha value is -1.78. The monoisotopic (exact) mass is 257 g/mol. The van der Waals surface area contributed by atoms with E-state index in [2.05, 4.69) is 0 Å². The van der Waals surface area contributed by atoms with Crippen molar-refractivity contribution in [2.45, 2.75) is 26.1 Å². The lowest BCUT2D eigenvalue weighted by molar-refractivity contribution is -0.162. The first-order valence-corrected chi connectivity index (χ1v) is 5.38. The molecule has 1 N–H and O–H groups in total. The third-order valence-corrected chi connectivity index (χ3v) is 2.17. The molecule has 98 valence electrons. The number of benzene rings is 1. The van der Waals surface area contributed by atoms with Gasteiger partial charge in [-0.25, -0.2) is 0 Å². The Morgan fingerprint density at radius 2 is 1.78 bits per heavy atom. The van der Waals surface area contributed by atoms with Crippen LogP contribution in [0.1, 0.15) is 25.5 Å². The van der Waals surface area contributed by atoms with Crippen LogP contribution in [0.25, 0.3) is 0 Å². The van der Waals surface area contributed by atoms with Crippen molar-refractivity contribution in [2.24, 2.45) is 0 Å². The van der Waals surface area contributed by atoms with Gasteiger partial charge in [0.25, 0.3) is 0 Å². The van der Waals surface area contributed by atoms with Crippen molar-refractivity contribution in [1.82, 2.24) is 5.32 Å². The summed E-state index contributed by atoms with van der Waals surface area (Å²) in [6, 6.07) is 5.31. The highest BCUT2D eigenvalue weighted by molar-refractivity contribution is 5.88. The highest BCUT2D eigenvalue weighted by Gasteiger charge is 2.41. The largest absolute Gasteiger partial charge is 0.412 e. The summed E-state index contributed by atoms with van der Waals surface area (Å²) in [5.74, 6) is -0.749. The molecular weight excluding hydrogens is 243 g/mol. The van der Waals surface area contributed by atoms with Crippen LogP contribution in [0.4, 0.5) is 13.2 Å². The van der Waals surface area contributed by atoms with Crippen LogP contribution in [0, 0.1) is 0 Å². The minimum atomic E-state index is -4.52. The molecule has 0 aliphatic rings. The Labute approximate surface area is 104 Å². The molecule has 0 aromatic heterocycles. The standard InChI is InChI=1S/C13H14F3NO/c1-9(2)8-11(18)17-12(13(14,15)16)10-6-4-3-5-7-10/h3-8,12H,1-2H3,(H,17,18). The van der Waals surface area contributed by atoms with Crippen LogP contribution in [-0.4, -0.2) is 12.1 Å². The molecule has 1 atom stereocenters. The molecule has 18 heavy (non-hydrogen) atoms. The number of nitrogens with one attached hydrogen (secondary N) is 1. The van der Waals surface area contributed by atoms with E-state index in [-0.39, 0.29) is 5.56 Å². The van der Waals surface area contributed by atoms with E-state index in [1.807, 2.05) is 5.32 Å². The Kier molecular flexibility index (Phi) is 4.53. The first kappa shape index (κ1) is 14.3. The van der Waals surface area contributed by atoms with Gasteiger partial charge in [-0.05, 0) is 19.4 Å². The predicted molar refractivity (Wildman–Crippen MR) is 62.8 cm³/mol. The minimum absolute atomic E-state index is 0.0144. The van der Waals surface area contributed by atoms with Crippen molar-refractivity contribution in [3.05, 3.63) is 47.5 Å². The van der Waals surface area contributed by atoms with Crippen LogP contribution >= 0.6 is 0 Å². The van der Waals surface area contributed by atoms with Crippen molar-refractivity contribution in [2.75, 3.05) is 0 Å². The number of hydrogen-bond acceptors (Lipinski definition) is 1. The molecule has 0 fully saturated rings. The van der Waals surface area contributed by atoms with Crippen molar-refractivity contribution >= 4 is 5.91 Å². The average Bonchev–Trinajstić information content (AvgIpc) is 2.24. The summed E-state index contributed by atoms with van der Waals surface area (Å²) in [6.45, 7) is 3.29. The summed E-state index contributed by atoms with van der Waals surface area (Å²) in [4.78, 5) is 11.4. The molecule has 5 heteroatoms. The smallest absolute Gasteiger partial charge is 0.337 e. The molecule has 1 rings (SSSR count). The van der Waals surface area contributed by atoms with Gasteiger partial charge in [0, 0.05) is 6.08 Å². The average molecular weight is 257 g/mol. The minimum Gasteiger partial charge on any atom is -0.337 e. The number of hydrogen-bond donors (Lipinski definition) is 1. The zero-order valence-electron chi connectivity index (χ0n) is 10.1. The summed E-state index contributed by atoms with van der Waals surface area (Å²) in [6.07, 6.45) is -3.38. The van der Waals surface area contributed by atoms with Gasteiger partial charge in [0.05, 0.1) is 0 Å². The molecule has 0 spiro atoms. The lowest BCUT2D eigenvalue weighted by Crippen LogP contribution is -2.37. The van der Waals surface area contributed by atoms with Gasteiger partial charge in [-0.1, -0.05) is 35.9 Å². The number of halogens is 3. The first-order chi connectivity index (χ1) is 8.30. The Balaban J connectivity index is 2.95. The van der Waals surface area contributed by atoms with Gasteiger partial charge in [0.1, 0.15) is 0 Å². The number of allylic oxidation sites excluding steroid dienone is 1. The summed E-state index contributed by atoms with van der Waals surface area (Å²) in [5.41, 5.74) is 0.655. The van der Waals surface area contributed by atoms with Gasteiger partial charge in [0.15, 0.2) is 6.04 Å². The molecule has 0 bridgehead atoms. The quantitative estimate of drug-likeness (QED) is 0.826. The Morgan fingerprint density at radius 3 is 2.22 bits per heavy atom. The fraction of sp³-hybridized carbons (Fsp3) is 0.308. The topological polar surface area (TPSA) is 29.1 Å². The maximum atomic E-state index is 12.9. The fourth-order valence-electron chi connectivity index (χ4n) is 1.45. The van der Waals surface area contributed by atoms with Gasteiger partial charge in [-0.3, -0.25) is 4.79 Å². The zero-order chi connectivity index (χ0) is 13.8. The van der Waals surface area contributed by atoms with E-state index in [1.54, 1.807) is 19.9 Å². The SMILES string of the molecule is CC(C)=CC(=O)NC(c1ccccc1)C(F)(F)F. The molecule has 0 radical (unpaired) electrons. The van der Waals surface area contributed by atoms with Gasteiger partial charge in [-0.15, -0.1) is 0 Å². The van der Waals surface area contributed by atoms with E-state index in [1.165, 1.54) is 24.3 Å². The highest BCUT2D eigenvalue weighted by atomic mass is 19.4. The molecule has 0 saturated heterocycles. The molecule has 0 heterocycles. The molecule has 0 aliphatic carbocycles. The maximum absolute atomic E-state index is 12.9. The number of carbonyl (C=O) groups is 1. The second-order valence-corrected chi connectivity index (χ2v) is 4.12. The molecule has 0 saturated carbocycles. The van der Waals surface area contributed by atoms with Gasteiger partial charge < -0.3 is 5.32 Å². The van der Waals surface area contributed by atoms with Gasteiger partial charge in [-0.2, -0.15) is 13.2 Å². The maximum Gasteiger partial charge on any atom is 0.412 e. The van der Waals surface area contributed by atoms with Crippen LogP contribution in [-0.2, 0) is 4.79 Å². The van der Waals surface area contributed by atoms with Crippen molar-refractivity contribution in [3.63, 3.8) is 0 Å². The van der Waals surface area contributed by atoms with Crippen LogP contribution < -0.4 is 5.32 Å². The lowest BCUT2D eigenvalue weighted by Gasteiger charge is -2.21. The summed E-state index contributed by atoms with van der Waals surface area (Å²) < 4.78 is 38.6. The third-order valence-electron chi connectivity index (χ3n) is 2.17. The van der Waals surface area contributed by atoms with Crippen LogP contribution in [0.15, 0.2) is 42.0 Å². The predicted octanol–water partition coefficient (Wildman–Crippen LogP) is 3.37. The lowest BCUT2D eigenvalue weighted by atomic mass is 10.1. The van der Waals surface area contributed by atoms with Crippen molar-refractivity contribution < 1.29 is 18.0 Å². The molecule has 1 aromatic rings. The van der Waals surface area contributed by atoms with E-state index in [9.17, 15) is 18.0 Å². The normalized spacial score (nSPS) is 12.7. The van der Waals surface area contributed by atoms with Crippen molar-refractivity contribution in [3.8, 4) is 0 Å².